The first-order valence-corrected chi connectivity index (χ1v) is 12.9. The average Bonchev–Trinajstić information content (AvgIpc) is 3.23. The molecule has 0 radical (unpaired) electrons. The number of carbonyl (C=O) groups is 1. The first-order valence-electron chi connectivity index (χ1n) is 12.5. The Kier molecular flexibility index (Phi) is 5.48. The highest BCUT2D eigenvalue weighted by atomic mass is 35.5. The van der Waals surface area contributed by atoms with Crippen LogP contribution in [-0.4, -0.2) is 15.6 Å². The third-order valence-corrected chi connectivity index (χ3v) is 10.4. The molecule has 0 saturated heterocycles. The zero-order valence-corrected chi connectivity index (χ0v) is 19.9. The van der Waals surface area contributed by atoms with E-state index in [-0.39, 0.29) is 28.8 Å². The lowest BCUT2D eigenvalue weighted by Gasteiger charge is -2.56. The summed E-state index contributed by atoms with van der Waals surface area (Å²) in [7, 11) is 0. The van der Waals surface area contributed by atoms with Gasteiger partial charge in [0.25, 0.3) is 0 Å². The molecule has 1 heterocycles. The van der Waals surface area contributed by atoms with Gasteiger partial charge < -0.3 is 0 Å². The molecular weight excluding hydrogens is 406 g/mol. The van der Waals surface area contributed by atoms with Crippen LogP contribution in [-0.2, 0) is 11.3 Å². The quantitative estimate of drug-likeness (QED) is 0.566. The molecule has 4 nitrogen and oxygen atoms in total. The number of rotatable bonds is 3. The summed E-state index contributed by atoms with van der Waals surface area (Å²) in [5.74, 6) is 6.19. The summed E-state index contributed by atoms with van der Waals surface area (Å²) in [4.78, 5) is 13.5. The highest BCUT2D eigenvalue weighted by molar-refractivity contribution is 6.30. The third-order valence-electron chi connectivity index (χ3n) is 10.1. The summed E-state index contributed by atoms with van der Waals surface area (Å²) >= 11 is 6.02. The largest absolute Gasteiger partial charge is 0.297 e. The number of aromatic nitrogens is 2. The van der Waals surface area contributed by atoms with Gasteiger partial charge in [-0.25, -0.2) is 0 Å². The predicted molar refractivity (Wildman–Crippen MR) is 121 cm³/mol. The zero-order valence-electron chi connectivity index (χ0n) is 19.2. The summed E-state index contributed by atoms with van der Waals surface area (Å²) < 4.78 is 1.57. The first kappa shape index (κ1) is 21.5. The fourth-order valence-electron chi connectivity index (χ4n) is 8.95. The second kappa shape index (κ2) is 7.91. The van der Waals surface area contributed by atoms with E-state index in [1.54, 1.807) is 10.9 Å². The third kappa shape index (κ3) is 3.47. The molecule has 4 aliphatic carbocycles. The molecule has 0 spiro atoms. The summed E-state index contributed by atoms with van der Waals surface area (Å²) in [5, 5.41) is 13.5. The molecule has 4 fully saturated rings. The number of carbonyl (C=O) groups excluding carboxylic acids is 1. The fourth-order valence-corrected chi connectivity index (χ4v) is 9.14. The SMILES string of the molecule is C[C@H]1CC[C@@H]2C3CC[C@@]4(C)[C@@H]([C@H](C)C[C@@H]4C(=O)Cn4cc(C#N)c(Cl)n4)[C@@H]3CC[C@@H]2C1. The number of nitrogens with zero attached hydrogens (tertiary/aromatic N) is 3. The molecule has 1 aromatic rings. The molecule has 0 aromatic carbocycles. The van der Waals surface area contributed by atoms with Crippen molar-refractivity contribution in [3.8, 4) is 6.07 Å². The smallest absolute Gasteiger partial charge is 0.168 e. The van der Waals surface area contributed by atoms with Crippen molar-refractivity contribution in [3.05, 3.63) is 16.9 Å². The maximum Gasteiger partial charge on any atom is 0.168 e. The van der Waals surface area contributed by atoms with Crippen LogP contribution in [0.4, 0.5) is 0 Å². The Labute approximate surface area is 191 Å². The van der Waals surface area contributed by atoms with Crippen molar-refractivity contribution >= 4 is 17.4 Å². The standard InChI is InChI=1S/C26H36ClN3O/c1-15-4-6-19-17(10-15)5-7-21-20(19)8-9-26(3)22(11-16(2)24(21)26)23(31)14-30-13-18(12-28)25(27)29-30/h13,15-17,19-22,24H,4-11,14H2,1-3H3/t15-,16+,17+,19-,20?,21+,22+,24-,26+/m0/s1. The number of Topliss-reactive ketones (excluding diaryl/α,β-unsaturated/α-hetero) is 1. The average molecular weight is 442 g/mol. The van der Waals surface area contributed by atoms with Gasteiger partial charge in [-0.2, -0.15) is 10.4 Å². The number of hydrogen-bond acceptors (Lipinski definition) is 3. The van der Waals surface area contributed by atoms with Crippen LogP contribution in [0.2, 0.25) is 5.15 Å². The Bertz CT molecular complexity index is 903. The predicted octanol–water partition coefficient (Wildman–Crippen LogP) is 6.13. The Morgan fingerprint density at radius 3 is 2.71 bits per heavy atom. The van der Waals surface area contributed by atoms with Crippen molar-refractivity contribution in [2.24, 2.45) is 52.8 Å². The Hall–Kier alpha value is -1.34. The van der Waals surface area contributed by atoms with Crippen LogP contribution in [0.5, 0.6) is 0 Å². The van der Waals surface area contributed by atoms with Gasteiger partial charge in [0.05, 0.1) is 6.54 Å². The lowest BCUT2D eigenvalue weighted by molar-refractivity contribution is -0.131. The van der Waals surface area contributed by atoms with Gasteiger partial charge >= 0.3 is 0 Å². The molecule has 1 unspecified atom stereocenters. The first-order chi connectivity index (χ1) is 14.8. The molecule has 0 N–H and O–H groups in total. The lowest BCUT2D eigenvalue weighted by Crippen LogP contribution is -2.50. The Balaban J connectivity index is 1.35. The highest BCUT2D eigenvalue weighted by Gasteiger charge is 2.60. The van der Waals surface area contributed by atoms with Gasteiger partial charge in [-0.3, -0.25) is 9.48 Å². The van der Waals surface area contributed by atoms with E-state index >= 15 is 0 Å². The normalized spacial score (nSPS) is 44.1. The Morgan fingerprint density at radius 2 is 1.97 bits per heavy atom. The molecule has 0 aliphatic heterocycles. The zero-order chi connectivity index (χ0) is 21.9. The summed E-state index contributed by atoms with van der Waals surface area (Å²) in [6.45, 7) is 7.51. The van der Waals surface area contributed by atoms with Crippen molar-refractivity contribution < 1.29 is 4.79 Å². The summed E-state index contributed by atoms with van der Waals surface area (Å²) in [5.41, 5.74) is 0.457. The van der Waals surface area contributed by atoms with Crippen molar-refractivity contribution in [2.75, 3.05) is 0 Å². The van der Waals surface area contributed by atoms with E-state index in [2.05, 4.69) is 25.9 Å². The number of hydrogen-bond donors (Lipinski definition) is 0. The lowest BCUT2D eigenvalue weighted by atomic mass is 9.48. The minimum Gasteiger partial charge on any atom is -0.297 e. The highest BCUT2D eigenvalue weighted by Crippen LogP contribution is 2.66. The molecule has 9 atom stereocenters. The van der Waals surface area contributed by atoms with E-state index in [1.807, 2.05) is 6.07 Å². The molecule has 4 aliphatic rings. The molecule has 0 amide bonds. The number of nitriles is 1. The minimum absolute atomic E-state index is 0.103. The van der Waals surface area contributed by atoms with Gasteiger partial charge in [-0.15, -0.1) is 0 Å². The number of fused-ring (bicyclic) bond motifs is 5. The van der Waals surface area contributed by atoms with Crippen molar-refractivity contribution in [2.45, 2.75) is 78.7 Å². The van der Waals surface area contributed by atoms with Crippen molar-refractivity contribution in [1.82, 2.24) is 9.78 Å². The van der Waals surface area contributed by atoms with Crippen LogP contribution in [0.3, 0.4) is 0 Å². The van der Waals surface area contributed by atoms with Crippen LogP contribution in [0.15, 0.2) is 6.20 Å². The fraction of sp³-hybridized carbons (Fsp3) is 0.808. The van der Waals surface area contributed by atoms with E-state index in [0.717, 1.165) is 36.0 Å². The molecule has 5 rings (SSSR count). The maximum atomic E-state index is 13.5. The van der Waals surface area contributed by atoms with E-state index in [1.165, 1.54) is 44.9 Å². The van der Waals surface area contributed by atoms with E-state index < -0.39 is 0 Å². The minimum atomic E-state index is 0.103. The van der Waals surface area contributed by atoms with E-state index in [0.29, 0.717) is 17.4 Å². The van der Waals surface area contributed by atoms with Crippen LogP contribution >= 0.6 is 11.6 Å². The molecule has 5 heteroatoms. The molecule has 31 heavy (non-hydrogen) atoms. The van der Waals surface area contributed by atoms with E-state index in [9.17, 15) is 4.79 Å². The molecule has 0 bridgehead atoms. The second-order valence-corrected chi connectivity index (χ2v) is 12.1. The van der Waals surface area contributed by atoms with Crippen molar-refractivity contribution in [1.29, 1.82) is 5.26 Å². The Morgan fingerprint density at radius 1 is 1.19 bits per heavy atom. The van der Waals surface area contributed by atoms with E-state index in [4.69, 9.17) is 16.9 Å². The topological polar surface area (TPSA) is 58.7 Å². The van der Waals surface area contributed by atoms with Crippen LogP contribution in [0, 0.1) is 64.1 Å². The monoisotopic (exact) mass is 441 g/mol. The molecule has 1 aromatic heterocycles. The van der Waals surface area contributed by atoms with Gasteiger partial charge in [0.2, 0.25) is 0 Å². The van der Waals surface area contributed by atoms with Gasteiger partial charge in [-0.1, -0.05) is 38.8 Å². The molecule has 168 valence electrons. The van der Waals surface area contributed by atoms with Crippen LogP contribution < -0.4 is 0 Å². The van der Waals surface area contributed by atoms with Gasteiger partial charge in [0.1, 0.15) is 11.6 Å². The second-order valence-electron chi connectivity index (χ2n) is 11.7. The number of ketones is 1. The van der Waals surface area contributed by atoms with Crippen molar-refractivity contribution in [3.63, 3.8) is 0 Å². The van der Waals surface area contributed by atoms with Gasteiger partial charge in [-0.05, 0) is 91.8 Å². The molecular formula is C26H36ClN3O. The maximum absolute atomic E-state index is 13.5. The summed E-state index contributed by atoms with van der Waals surface area (Å²) in [6.07, 6.45) is 12.2. The molecule has 4 saturated carbocycles. The van der Waals surface area contributed by atoms with Gasteiger partial charge in [0.15, 0.2) is 10.9 Å². The van der Waals surface area contributed by atoms with Crippen LogP contribution in [0.1, 0.15) is 77.7 Å². The van der Waals surface area contributed by atoms with Gasteiger partial charge in [0, 0.05) is 12.1 Å². The van der Waals surface area contributed by atoms with Crippen LogP contribution in [0.25, 0.3) is 0 Å². The number of halogens is 1. The summed E-state index contributed by atoms with van der Waals surface area (Å²) in [6, 6.07) is 2.05.